The standard InChI is InChI=1S/C17H13FN4O2/c1-9-6-10(18)7-13-11(9)8-12-15(21-22(2)16(12)19-13)20-17(23)14-4-3-5-24-14/h3-8H,1-2H3,(H,20,21,23). The van der Waals surface area contributed by atoms with Crippen LogP contribution in [0.2, 0.25) is 0 Å². The van der Waals surface area contributed by atoms with Gasteiger partial charge in [0.1, 0.15) is 5.82 Å². The van der Waals surface area contributed by atoms with Crippen LogP contribution in [0.15, 0.2) is 41.0 Å². The molecule has 1 aromatic carbocycles. The van der Waals surface area contributed by atoms with E-state index in [-0.39, 0.29) is 11.6 Å². The number of rotatable bonds is 2. The summed E-state index contributed by atoms with van der Waals surface area (Å²) in [5.41, 5.74) is 1.88. The molecule has 4 aromatic rings. The van der Waals surface area contributed by atoms with E-state index >= 15 is 0 Å². The molecule has 3 aromatic heterocycles. The third-order valence-electron chi connectivity index (χ3n) is 3.87. The summed E-state index contributed by atoms with van der Waals surface area (Å²) in [5, 5.41) is 8.52. The minimum Gasteiger partial charge on any atom is -0.459 e. The van der Waals surface area contributed by atoms with Gasteiger partial charge in [0.05, 0.1) is 17.2 Å². The van der Waals surface area contributed by atoms with Crippen molar-refractivity contribution in [2.75, 3.05) is 5.32 Å². The number of carbonyl (C=O) groups is 1. The van der Waals surface area contributed by atoms with Crippen LogP contribution >= 0.6 is 0 Å². The van der Waals surface area contributed by atoms with E-state index in [0.29, 0.717) is 22.4 Å². The van der Waals surface area contributed by atoms with Gasteiger partial charge in [-0.15, -0.1) is 0 Å². The van der Waals surface area contributed by atoms with Crippen molar-refractivity contribution in [3.63, 3.8) is 0 Å². The van der Waals surface area contributed by atoms with Crippen molar-refractivity contribution in [1.29, 1.82) is 0 Å². The van der Waals surface area contributed by atoms with Gasteiger partial charge in [0.25, 0.3) is 5.91 Å². The van der Waals surface area contributed by atoms with Crippen LogP contribution in [0.4, 0.5) is 10.2 Å². The molecule has 0 unspecified atom stereocenters. The number of halogens is 1. The average molecular weight is 324 g/mol. The molecule has 7 heteroatoms. The lowest BCUT2D eigenvalue weighted by Gasteiger charge is -2.04. The Morgan fingerprint density at radius 3 is 2.88 bits per heavy atom. The Kier molecular flexibility index (Phi) is 3.09. The third-order valence-corrected chi connectivity index (χ3v) is 3.87. The lowest BCUT2D eigenvalue weighted by atomic mass is 10.1. The molecule has 0 aliphatic rings. The molecule has 0 atom stereocenters. The Morgan fingerprint density at radius 1 is 1.29 bits per heavy atom. The smallest absolute Gasteiger partial charge is 0.292 e. The van der Waals surface area contributed by atoms with Crippen LogP contribution in [0, 0.1) is 12.7 Å². The Morgan fingerprint density at radius 2 is 2.12 bits per heavy atom. The maximum atomic E-state index is 13.6. The SMILES string of the molecule is Cc1cc(F)cc2nc3c(cc12)c(NC(=O)c1ccco1)nn3C. The van der Waals surface area contributed by atoms with Crippen LogP contribution in [0.1, 0.15) is 16.1 Å². The lowest BCUT2D eigenvalue weighted by molar-refractivity contribution is 0.0996. The highest BCUT2D eigenvalue weighted by atomic mass is 19.1. The zero-order valence-electron chi connectivity index (χ0n) is 13.0. The van der Waals surface area contributed by atoms with Crippen molar-refractivity contribution in [3.05, 3.63) is 53.7 Å². The first kappa shape index (κ1) is 14.4. The van der Waals surface area contributed by atoms with Crippen LogP contribution in [0.3, 0.4) is 0 Å². The molecule has 6 nitrogen and oxygen atoms in total. The van der Waals surface area contributed by atoms with Crippen LogP contribution in [0.5, 0.6) is 0 Å². The topological polar surface area (TPSA) is 73.0 Å². The zero-order valence-corrected chi connectivity index (χ0v) is 13.0. The first-order chi connectivity index (χ1) is 11.5. The highest BCUT2D eigenvalue weighted by molar-refractivity contribution is 6.07. The molecule has 0 saturated carbocycles. The summed E-state index contributed by atoms with van der Waals surface area (Å²) in [4.78, 5) is 16.7. The maximum absolute atomic E-state index is 13.6. The van der Waals surface area contributed by atoms with Gasteiger partial charge in [-0.05, 0) is 36.8 Å². The number of carbonyl (C=O) groups excluding carboxylic acids is 1. The second-order valence-corrected chi connectivity index (χ2v) is 5.55. The molecule has 24 heavy (non-hydrogen) atoms. The minimum atomic E-state index is -0.393. The van der Waals surface area contributed by atoms with Gasteiger partial charge in [-0.2, -0.15) is 5.10 Å². The number of fused-ring (bicyclic) bond motifs is 2. The van der Waals surface area contributed by atoms with E-state index in [1.54, 1.807) is 23.9 Å². The summed E-state index contributed by atoms with van der Waals surface area (Å²) in [6.07, 6.45) is 1.43. The van der Waals surface area contributed by atoms with Gasteiger partial charge in [-0.25, -0.2) is 14.1 Å². The predicted molar refractivity (Wildman–Crippen MR) is 87.4 cm³/mol. The normalized spacial score (nSPS) is 11.3. The molecule has 0 aliphatic heterocycles. The van der Waals surface area contributed by atoms with Gasteiger partial charge in [-0.1, -0.05) is 0 Å². The van der Waals surface area contributed by atoms with E-state index in [0.717, 1.165) is 10.9 Å². The Bertz CT molecular complexity index is 1080. The van der Waals surface area contributed by atoms with Crippen molar-refractivity contribution < 1.29 is 13.6 Å². The van der Waals surface area contributed by atoms with Gasteiger partial charge in [0.2, 0.25) is 0 Å². The molecule has 1 N–H and O–H groups in total. The average Bonchev–Trinajstić information content (AvgIpc) is 3.15. The molecule has 0 radical (unpaired) electrons. The fourth-order valence-electron chi connectivity index (χ4n) is 2.74. The number of pyridine rings is 1. The number of nitrogens with one attached hydrogen (secondary N) is 1. The van der Waals surface area contributed by atoms with Crippen molar-refractivity contribution in [2.45, 2.75) is 6.92 Å². The molecule has 0 fully saturated rings. The quantitative estimate of drug-likeness (QED) is 0.613. The van der Waals surface area contributed by atoms with Crippen LogP contribution in [0.25, 0.3) is 21.9 Å². The number of nitrogens with zero attached hydrogens (tertiary/aromatic N) is 3. The molecule has 0 aliphatic carbocycles. The van der Waals surface area contributed by atoms with E-state index < -0.39 is 5.91 Å². The number of aromatic nitrogens is 3. The van der Waals surface area contributed by atoms with Gasteiger partial charge < -0.3 is 9.73 Å². The van der Waals surface area contributed by atoms with Crippen LogP contribution in [-0.2, 0) is 7.05 Å². The summed E-state index contributed by atoms with van der Waals surface area (Å²) >= 11 is 0. The van der Waals surface area contributed by atoms with Crippen molar-refractivity contribution >= 4 is 33.7 Å². The molecule has 0 saturated heterocycles. The molecule has 120 valence electrons. The summed E-state index contributed by atoms with van der Waals surface area (Å²) in [6.45, 7) is 1.82. The van der Waals surface area contributed by atoms with Gasteiger partial charge in [-0.3, -0.25) is 4.79 Å². The number of benzene rings is 1. The summed E-state index contributed by atoms with van der Waals surface area (Å²) in [6, 6.07) is 7.90. The molecule has 0 bridgehead atoms. The van der Waals surface area contributed by atoms with E-state index in [1.165, 1.54) is 18.4 Å². The van der Waals surface area contributed by atoms with E-state index in [4.69, 9.17) is 4.42 Å². The van der Waals surface area contributed by atoms with Gasteiger partial charge in [0.15, 0.2) is 17.2 Å². The van der Waals surface area contributed by atoms with Crippen molar-refractivity contribution in [1.82, 2.24) is 14.8 Å². The lowest BCUT2D eigenvalue weighted by Crippen LogP contribution is -2.11. The Balaban J connectivity index is 1.88. The number of hydrogen-bond donors (Lipinski definition) is 1. The largest absolute Gasteiger partial charge is 0.459 e. The predicted octanol–water partition coefficient (Wildman–Crippen LogP) is 3.41. The van der Waals surface area contributed by atoms with E-state index in [9.17, 15) is 9.18 Å². The Labute approximate surface area is 135 Å². The van der Waals surface area contributed by atoms with Crippen LogP contribution < -0.4 is 5.32 Å². The van der Waals surface area contributed by atoms with Gasteiger partial charge >= 0.3 is 0 Å². The fourth-order valence-corrected chi connectivity index (χ4v) is 2.74. The minimum absolute atomic E-state index is 0.195. The number of aryl methyl sites for hydroxylation is 2. The number of amides is 1. The third kappa shape index (κ3) is 2.21. The number of furan rings is 1. The molecular weight excluding hydrogens is 311 g/mol. The number of anilines is 1. The van der Waals surface area contributed by atoms with Crippen molar-refractivity contribution in [2.24, 2.45) is 7.05 Å². The second kappa shape index (κ2) is 5.16. The first-order valence-electron chi connectivity index (χ1n) is 7.31. The summed E-state index contributed by atoms with van der Waals surface area (Å²) < 4.78 is 20.2. The number of hydrogen-bond acceptors (Lipinski definition) is 4. The second-order valence-electron chi connectivity index (χ2n) is 5.55. The van der Waals surface area contributed by atoms with Crippen LogP contribution in [-0.4, -0.2) is 20.7 Å². The molecule has 4 rings (SSSR count). The van der Waals surface area contributed by atoms with Crippen molar-refractivity contribution in [3.8, 4) is 0 Å². The van der Waals surface area contributed by atoms with E-state index in [1.807, 2.05) is 13.0 Å². The zero-order chi connectivity index (χ0) is 16.8. The monoisotopic (exact) mass is 324 g/mol. The first-order valence-corrected chi connectivity index (χ1v) is 7.31. The Hall–Kier alpha value is -3.22. The molecule has 3 heterocycles. The summed E-state index contributed by atoms with van der Waals surface area (Å²) in [7, 11) is 1.72. The highest BCUT2D eigenvalue weighted by Gasteiger charge is 2.17. The molecule has 0 spiro atoms. The van der Waals surface area contributed by atoms with Gasteiger partial charge in [0, 0.05) is 18.5 Å². The molecular formula is C17H13FN4O2. The van der Waals surface area contributed by atoms with E-state index in [2.05, 4.69) is 15.4 Å². The summed E-state index contributed by atoms with van der Waals surface area (Å²) in [5.74, 6) is -0.149. The fraction of sp³-hybridized carbons (Fsp3) is 0.118. The molecule has 1 amide bonds. The maximum Gasteiger partial charge on any atom is 0.292 e. The highest BCUT2D eigenvalue weighted by Crippen LogP contribution is 2.28.